The number of unbranched alkanes of at least 4 members (excludes halogenated alkanes) is 4. The highest BCUT2D eigenvalue weighted by Crippen LogP contribution is 2.40. The third-order valence-electron chi connectivity index (χ3n) is 4.69. The van der Waals surface area contributed by atoms with Crippen LogP contribution in [0.15, 0.2) is 54.6 Å². The molecule has 0 aliphatic rings. The van der Waals surface area contributed by atoms with Gasteiger partial charge in [-0.05, 0) is 18.1 Å². The Bertz CT molecular complexity index is 561. The van der Waals surface area contributed by atoms with Crippen LogP contribution in [-0.2, 0) is 5.41 Å². The Hall–Kier alpha value is -1.76. The Morgan fingerprint density at radius 3 is 2.14 bits per heavy atom. The average molecular weight is 296 g/mol. The molecule has 0 fully saturated rings. The van der Waals surface area contributed by atoms with Gasteiger partial charge in [0, 0.05) is 11.0 Å². The van der Waals surface area contributed by atoms with Crippen molar-refractivity contribution in [2.24, 2.45) is 0 Å². The fourth-order valence-corrected chi connectivity index (χ4v) is 3.26. The molecule has 0 aliphatic carbocycles. The van der Waals surface area contributed by atoms with Crippen molar-refractivity contribution in [3.05, 3.63) is 65.7 Å². The molecule has 0 saturated carbocycles. The molecule has 0 saturated heterocycles. The van der Waals surface area contributed by atoms with Crippen molar-refractivity contribution < 1.29 is 5.11 Å². The van der Waals surface area contributed by atoms with Crippen molar-refractivity contribution in [3.63, 3.8) is 0 Å². The van der Waals surface area contributed by atoms with Gasteiger partial charge >= 0.3 is 0 Å². The fourth-order valence-electron chi connectivity index (χ4n) is 3.26. The van der Waals surface area contributed by atoms with Crippen LogP contribution in [0.5, 0.6) is 5.75 Å². The van der Waals surface area contributed by atoms with Crippen molar-refractivity contribution in [1.82, 2.24) is 0 Å². The van der Waals surface area contributed by atoms with Crippen molar-refractivity contribution >= 4 is 0 Å². The summed E-state index contributed by atoms with van der Waals surface area (Å²) in [4.78, 5) is 0. The maximum Gasteiger partial charge on any atom is 0.119 e. The zero-order valence-corrected chi connectivity index (χ0v) is 13.9. The monoisotopic (exact) mass is 296 g/mol. The lowest BCUT2D eigenvalue weighted by atomic mass is 9.72. The van der Waals surface area contributed by atoms with E-state index in [2.05, 4.69) is 50.2 Å². The van der Waals surface area contributed by atoms with E-state index in [0.29, 0.717) is 5.75 Å². The molecular weight excluding hydrogens is 268 g/mol. The Labute approximate surface area is 135 Å². The summed E-state index contributed by atoms with van der Waals surface area (Å²) in [5.74, 6) is 0.405. The predicted octanol–water partition coefficient (Wildman–Crippen LogP) is 6.06. The third-order valence-corrected chi connectivity index (χ3v) is 4.69. The normalized spacial score (nSPS) is 13.7. The minimum absolute atomic E-state index is 0.126. The minimum atomic E-state index is -0.126. The van der Waals surface area contributed by atoms with Crippen LogP contribution in [-0.4, -0.2) is 5.11 Å². The fraction of sp³-hybridized carbons (Fsp3) is 0.429. The maximum atomic E-state index is 10.3. The van der Waals surface area contributed by atoms with Crippen molar-refractivity contribution in [3.8, 4) is 5.75 Å². The first-order valence-electron chi connectivity index (χ1n) is 8.52. The molecule has 0 aliphatic heterocycles. The lowest BCUT2D eigenvalue weighted by Gasteiger charge is -2.32. The zero-order chi connectivity index (χ0) is 15.8. The highest BCUT2D eigenvalue weighted by molar-refractivity contribution is 5.45. The molecule has 1 unspecified atom stereocenters. The van der Waals surface area contributed by atoms with Gasteiger partial charge in [-0.1, -0.05) is 94.5 Å². The summed E-state index contributed by atoms with van der Waals surface area (Å²) in [5.41, 5.74) is 2.20. The van der Waals surface area contributed by atoms with E-state index in [1.54, 1.807) is 6.07 Å². The first-order valence-corrected chi connectivity index (χ1v) is 8.52. The summed E-state index contributed by atoms with van der Waals surface area (Å²) < 4.78 is 0. The van der Waals surface area contributed by atoms with Gasteiger partial charge in [0.05, 0.1) is 0 Å². The summed E-state index contributed by atoms with van der Waals surface area (Å²) >= 11 is 0. The minimum Gasteiger partial charge on any atom is -0.508 e. The molecule has 1 atom stereocenters. The van der Waals surface area contributed by atoms with E-state index in [1.807, 2.05) is 12.1 Å². The van der Waals surface area contributed by atoms with E-state index in [1.165, 1.54) is 37.7 Å². The molecule has 0 aromatic heterocycles. The highest BCUT2D eigenvalue weighted by Gasteiger charge is 2.30. The Morgan fingerprint density at radius 2 is 1.45 bits per heavy atom. The van der Waals surface area contributed by atoms with Crippen LogP contribution < -0.4 is 0 Å². The van der Waals surface area contributed by atoms with E-state index in [-0.39, 0.29) is 5.41 Å². The van der Waals surface area contributed by atoms with E-state index in [9.17, 15) is 5.11 Å². The standard InChI is InChI=1S/C21H28O/c1-3-4-5-6-12-17-21(2,18-13-8-7-9-14-18)19-15-10-11-16-20(19)22/h7-11,13-16,22H,3-6,12,17H2,1-2H3. The van der Waals surface area contributed by atoms with Crippen molar-refractivity contribution in [2.45, 2.75) is 57.8 Å². The number of para-hydroxylation sites is 1. The molecule has 1 nitrogen and oxygen atoms in total. The Balaban J connectivity index is 2.23. The number of hydrogen-bond donors (Lipinski definition) is 1. The molecule has 0 bridgehead atoms. The van der Waals surface area contributed by atoms with Crippen LogP contribution in [0.2, 0.25) is 0 Å². The molecule has 2 rings (SSSR count). The average Bonchev–Trinajstić information content (AvgIpc) is 2.55. The number of phenolic OH excluding ortho intramolecular Hbond substituents is 1. The maximum absolute atomic E-state index is 10.3. The second-order valence-electron chi connectivity index (χ2n) is 6.38. The molecule has 0 radical (unpaired) electrons. The molecule has 0 heterocycles. The molecule has 22 heavy (non-hydrogen) atoms. The summed E-state index contributed by atoms with van der Waals surface area (Å²) in [7, 11) is 0. The Kier molecular flexibility index (Phi) is 6.06. The number of phenols is 1. The molecule has 2 aromatic carbocycles. The lowest BCUT2D eigenvalue weighted by molar-refractivity contribution is 0.424. The summed E-state index contributed by atoms with van der Waals surface area (Å²) in [6.45, 7) is 4.51. The van der Waals surface area contributed by atoms with E-state index in [0.717, 1.165) is 12.0 Å². The van der Waals surface area contributed by atoms with Gasteiger partial charge in [-0.2, -0.15) is 0 Å². The van der Waals surface area contributed by atoms with Crippen LogP contribution in [0, 0.1) is 0 Å². The number of aromatic hydroxyl groups is 1. The van der Waals surface area contributed by atoms with Gasteiger partial charge < -0.3 is 5.11 Å². The predicted molar refractivity (Wildman–Crippen MR) is 94.4 cm³/mol. The van der Waals surface area contributed by atoms with Crippen molar-refractivity contribution in [1.29, 1.82) is 0 Å². The van der Waals surface area contributed by atoms with Crippen molar-refractivity contribution in [2.75, 3.05) is 0 Å². The van der Waals surface area contributed by atoms with Crippen LogP contribution in [0.25, 0.3) is 0 Å². The van der Waals surface area contributed by atoms with Crippen LogP contribution in [0.1, 0.15) is 63.5 Å². The topological polar surface area (TPSA) is 20.2 Å². The van der Waals surface area contributed by atoms with Gasteiger partial charge in [0.15, 0.2) is 0 Å². The molecular formula is C21H28O. The molecule has 1 heteroatoms. The first kappa shape index (κ1) is 16.6. The van der Waals surface area contributed by atoms with Gasteiger partial charge in [-0.25, -0.2) is 0 Å². The zero-order valence-electron chi connectivity index (χ0n) is 13.9. The van der Waals surface area contributed by atoms with Gasteiger partial charge in [0.1, 0.15) is 5.75 Å². The second kappa shape index (κ2) is 8.03. The molecule has 118 valence electrons. The number of rotatable bonds is 8. The second-order valence-corrected chi connectivity index (χ2v) is 6.38. The SMILES string of the molecule is CCCCCCCC(C)(c1ccccc1)c1ccccc1O. The first-order chi connectivity index (χ1) is 10.7. The van der Waals surface area contributed by atoms with E-state index >= 15 is 0 Å². The van der Waals surface area contributed by atoms with Gasteiger partial charge in [0.25, 0.3) is 0 Å². The molecule has 1 N–H and O–H groups in total. The lowest BCUT2D eigenvalue weighted by Crippen LogP contribution is -2.23. The summed E-state index contributed by atoms with van der Waals surface area (Å²) in [5, 5.41) is 10.3. The van der Waals surface area contributed by atoms with Gasteiger partial charge in [0.2, 0.25) is 0 Å². The summed E-state index contributed by atoms with van der Waals surface area (Å²) in [6, 6.07) is 18.4. The third kappa shape index (κ3) is 3.91. The molecule has 0 amide bonds. The largest absolute Gasteiger partial charge is 0.508 e. The smallest absolute Gasteiger partial charge is 0.119 e. The number of hydrogen-bond acceptors (Lipinski definition) is 1. The molecule has 2 aromatic rings. The van der Waals surface area contributed by atoms with Crippen LogP contribution in [0.3, 0.4) is 0 Å². The number of benzene rings is 2. The van der Waals surface area contributed by atoms with E-state index in [4.69, 9.17) is 0 Å². The highest BCUT2D eigenvalue weighted by atomic mass is 16.3. The van der Waals surface area contributed by atoms with Crippen LogP contribution in [0.4, 0.5) is 0 Å². The Morgan fingerprint density at radius 1 is 0.818 bits per heavy atom. The quantitative estimate of drug-likeness (QED) is 0.587. The van der Waals surface area contributed by atoms with Gasteiger partial charge in [-0.15, -0.1) is 0 Å². The van der Waals surface area contributed by atoms with Crippen LogP contribution >= 0.6 is 0 Å². The molecule has 0 spiro atoms. The van der Waals surface area contributed by atoms with Gasteiger partial charge in [-0.3, -0.25) is 0 Å². The summed E-state index contributed by atoms with van der Waals surface area (Å²) in [6.07, 6.45) is 7.43. The van der Waals surface area contributed by atoms with E-state index < -0.39 is 0 Å².